The van der Waals surface area contributed by atoms with Gasteiger partial charge in [-0.05, 0) is 44.0 Å². The molecule has 5 nitrogen and oxygen atoms in total. The van der Waals surface area contributed by atoms with Crippen LogP contribution in [0.15, 0.2) is 24.3 Å². The number of hydrogen-bond acceptors (Lipinski definition) is 5. The number of benzene rings is 1. The number of aliphatic hydroxyl groups is 1. The zero-order chi connectivity index (χ0) is 16.8. The molecule has 0 bridgehead atoms. The van der Waals surface area contributed by atoms with Crippen LogP contribution in [0, 0.1) is 6.92 Å². The van der Waals surface area contributed by atoms with Crippen molar-refractivity contribution in [2.45, 2.75) is 31.9 Å². The summed E-state index contributed by atoms with van der Waals surface area (Å²) in [5.74, 6) is 0.834. The van der Waals surface area contributed by atoms with E-state index in [2.05, 4.69) is 9.80 Å². The predicted octanol–water partition coefficient (Wildman–Crippen LogP) is 1.53. The number of morpholine rings is 1. The summed E-state index contributed by atoms with van der Waals surface area (Å²) in [5, 5.41) is 10.4. The Labute approximate surface area is 145 Å². The van der Waals surface area contributed by atoms with E-state index in [9.17, 15) is 5.11 Å². The Morgan fingerprint density at radius 2 is 2.12 bits per heavy atom. The van der Waals surface area contributed by atoms with E-state index in [0.29, 0.717) is 19.2 Å². The van der Waals surface area contributed by atoms with Crippen molar-refractivity contribution in [3.63, 3.8) is 0 Å². The molecule has 0 aliphatic carbocycles. The minimum absolute atomic E-state index is 0.351. The van der Waals surface area contributed by atoms with Gasteiger partial charge in [0.2, 0.25) is 0 Å². The minimum atomic E-state index is -0.448. The highest BCUT2D eigenvalue weighted by Gasteiger charge is 2.28. The third-order valence-corrected chi connectivity index (χ3v) is 4.95. The van der Waals surface area contributed by atoms with Crippen LogP contribution in [0.3, 0.4) is 0 Å². The molecular weight excluding hydrogens is 304 g/mol. The molecule has 134 valence electrons. The number of β-amino-alcohol motifs (C(OH)–C–C–N with tert-alkyl or cyclic N) is 1. The van der Waals surface area contributed by atoms with Crippen LogP contribution in [0.1, 0.15) is 18.4 Å². The second kappa shape index (κ2) is 8.81. The summed E-state index contributed by atoms with van der Waals surface area (Å²) in [4.78, 5) is 4.92. The van der Waals surface area contributed by atoms with Crippen LogP contribution in [0.25, 0.3) is 0 Å². The fourth-order valence-corrected chi connectivity index (χ4v) is 3.64. The van der Waals surface area contributed by atoms with E-state index in [1.54, 1.807) is 0 Å². The van der Waals surface area contributed by atoms with E-state index < -0.39 is 6.10 Å². The second-order valence-corrected chi connectivity index (χ2v) is 6.99. The zero-order valence-electron chi connectivity index (χ0n) is 14.7. The lowest BCUT2D eigenvalue weighted by Gasteiger charge is -2.33. The van der Waals surface area contributed by atoms with E-state index in [-0.39, 0.29) is 0 Å². The van der Waals surface area contributed by atoms with Crippen molar-refractivity contribution < 1.29 is 14.6 Å². The molecular formula is C19H30N2O3. The Hall–Kier alpha value is -1.14. The minimum Gasteiger partial charge on any atom is -0.491 e. The number of aryl methyl sites for hydroxylation is 1. The van der Waals surface area contributed by atoms with Crippen molar-refractivity contribution in [3.05, 3.63) is 29.8 Å². The Bertz CT molecular complexity index is 505. The van der Waals surface area contributed by atoms with Crippen molar-refractivity contribution in [1.29, 1.82) is 0 Å². The monoisotopic (exact) mass is 334 g/mol. The van der Waals surface area contributed by atoms with Gasteiger partial charge < -0.3 is 14.6 Å². The summed E-state index contributed by atoms with van der Waals surface area (Å²) in [6.07, 6.45) is 2.00. The molecule has 24 heavy (non-hydrogen) atoms. The molecule has 0 amide bonds. The Morgan fingerprint density at radius 1 is 1.29 bits per heavy atom. The maximum Gasteiger partial charge on any atom is 0.119 e. The average Bonchev–Trinajstić information content (AvgIpc) is 3.01. The summed E-state index contributed by atoms with van der Waals surface area (Å²) in [6.45, 7) is 9.02. The van der Waals surface area contributed by atoms with E-state index in [1.165, 1.54) is 18.4 Å². The summed E-state index contributed by atoms with van der Waals surface area (Å²) in [5.41, 5.74) is 1.17. The van der Waals surface area contributed by atoms with Gasteiger partial charge in [0, 0.05) is 32.2 Å². The van der Waals surface area contributed by atoms with Gasteiger partial charge in [0.05, 0.1) is 13.2 Å². The van der Waals surface area contributed by atoms with Crippen LogP contribution < -0.4 is 4.74 Å². The third-order valence-electron chi connectivity index (χ3n) is 4.95. The maximum atomic E-state index is 10.4. The number of ether oxygens (including phenoxy) is 2. The molecule has 0 spiro atoms. The van der Waals surface area contributed by atoms with Crippen LogP contribution in [0.4, 0.5) is 0 Å². The predicted molar refractivity (Wildman–Crippen MR) is 94.5 cm³/mol. The van der Waals surface area contributed by atoms with Crippen molar-refractivity contribution in [2.75, 3.05) is 52.5 Å². The lowest BCUT2D eigenvalue weighted by molar-refractivity contribution is 0.0182. The second-order valence-electron chi connectivity index (χ2n) is 6.99. The van der Waals surface area contributed by atoms with Gasteiger partial charge in [-0.2, -0.15) is 0 Å². The molecule has 1 aromatic rings. The summed E-state index contributed by atoms with van der Waals surface area (Å²) in [6, 6.07) is 8.52. The lowest BCUT2D eigenvalue weighted by atomic mass is 10.2. The van der Waals surface area contributed by atoms with Crippen LogP contribution >= 0.6 is 0 Å². The molecule has 2 aliphatic rings. The number of hydrogen-bond donors (Lipinski definition) is 1. The first-order chi connectivity index (χ1) is 11.7. The first-order valence-corrected chi connectivity index (χ1v) is 9.12. The van der Waals surface area contributed by atoms with Crippen molar-refractivity contribution in [3.8, 4) is 5.75 Å². The molecule has 0 aromatic heterocycles. The number of nitrogens with zero attached hydrogens (tertiary/aromatic N) is 2. The molecule has 5 heteroatoms. The number of rotatable bonds is 7. The van der Waals surface area contributed by atoms with Crippen molar-refractivity contribution in [1.82, 2.24) is 9.80 Å². The molecule has 0 radical (unpaired) electrons. The van der Waals surface area contributed by atoms with Gasteiger partial charge in [-0.25, -0.2) is 0 Å². The maximum absolute atomic E-state index is 10.4. The van der Waals surface area contributed by atoms with Crippen molar-refractivity contribution >= 4 is 0 Å². The molecule has 1 N–H and O–H groups in total. The highest BCUT2D eigenvalue weighted by atomic mass is 16.5. The van der Waals surface area contributed by atoms with Crippen LogP contribution in [0.2, 0.25) is 0 Å². The molecule has 1 aromatic carbocycles. The first-order valence-electron chi connectivity index (χ1n) is 9.12. The lowest BCUT2D eigenvalue weighted by Crippen LogP contribution is -2.47. The quantitative estimate of drug-likeness (QED) is 0.819. The molecule has 2 heterocycles. The molecule has 2 saturated heterocycles. The standard InChI is InChI=1S/C19H30N2O3/c1-16-4-2-6-19(12-16)24-15-18(22)14-21-7-3-5-17(21)13-20-8-10-23-11-9-20/h2,4,6,12,17-18,22H,3,5,7-11,13-15H2,1H3. The van der Waals surface area contributed by atoms with Crippen LogP contribution in [-0.4, -0.2) is 79.6 Å². The Kier molecular flexibility index (Phi) is 6.49. The highest BCUT2D eigenvalue weighted by molar-refractivity contribution is 5.27. The highest BCUT2D eigenvalue weighted by Crippen LogP contribution is 2.19. The average molecular weight is 334 g/mol. The van der Waals surface area contributed by atoms with E-state index in [4.69, 9.17) is 9.47 Å². The molecule has 2 atom stereocenters. The smallest absolute Gasteiger partial charge is 0.119 e. The van der Waals surface area contributed by atoms with E-state index in [0.717, 1.165) is 45.1 Å². The van der Waals surface area contributed by atoms with Gasteiger partial charge in [0.1, 0.15) is 18.5 Å². The van der Waals surface area contributed by atoms with Gasteiger partial charge in [-0.3, -0.25) is 9.80 Å². The normalized spacial score (nSPS) is 24.2. The van der Waals surface area contributed by atoms with Gasteiger partial charge in [-0.1, -0.05) is 12.1 Å². The summed E-state index contributed by atoms with van der Waals surface area (Å²) >= 11 is 0. The van der Waals surface area contributed by atoms with Gasteiger partial charge >= 0.3 is 0 Å². The third kappa shape index (κ3) is 5.18. The summed E-state index contributed by atoms with van der Waals surface area (Å²) < 4.78 is 11.2. The topological polar surface area (TPSA) is 45.2 Å². The first kappa shape index (κ1) is 17.7. The zero-order valence-corrected chi connectivity index (χ0v) is 14.7. The SMILES string of the molecule is Cc1cccc(OCC(O)CN2CCCC2CN2CCOCC2)c1. The molecule has 2 aliphatic heterocycles. The van der Waals surface area contributed by atoms with E-state index >= 15 is 0 Å². The number of aliphatic hydroxyl groups excluding tert-OH is 1. The molecule has 0 saturated carbocycles. The molecule has 2 unspecified atom stereocenters. The summed E-state index contributed by atoms with van der Waals surface area (Å²) in [7, 11) is 0. The van der Waals surface area contributed by atoms with Crippen LogP contribution in [-0.2, 0) is 4.74 Å². The molecule has 3 rings (SSSR count). The fraction of sp³-hybridized carbons (Fsp3) is 0.684. The largest absolute Gasteiger partial charge is 0.491 e. The fourth-order valence-electron chi connectivity index (χ4n) is 3.64. The number of likely N-dealkylation sites (tertiary alicyclic amines) is 1. The van der Waals surface area contributed by atoms with Gasteiger partial charge in [0.25, 0.3) is 0 Å². The van der Waals surface area contributed by atoms with E-state index in [1.807, 2.05) is 31.2 Å². The van der Waals surface area contributed by atoms with Gasteiger partial charge in [0.15, 0.2) is 0 Å². The van der Waals surface area contributed by atoms with Crippen LogP contribution in [0.5, 0.6) is 5.75 Å². The van der Waals surface area contributed by atoms with Gasteiger partial charge in [-0.15, -0.1) is 0 Å². The molecule has 2 fully saturated rings. The Balaban J connectivity index is 1.43. The van der Waals surface area contributed by atoms with Crippen molar-refractivity contribution in [2.24, 2.45) is 0 Å². The Morgan fingerprint density at radius 3 is 2.92 bits per heavy atom.